The Bertz CT molecular complexity index is 1360. The van der Waals surface area contributed by atoms with Gasteiger partial charge in [-0.25, -0.2) is 0 Å². The number of aliphatic hydroxyl groups excluding tert-OH is 12. The van der Waals surface area contributed by atoms with Crippen molar-refractivity contribution in [1.82, 2.24) is 0 Å². The smallest absolute Gasteiger partial charge is 0.187 e. The molecule has 36 heteroatoms. The fourth-order valence-electron chi connectivity index (χ4n) is 9.44. The van der Waals surface area contributed by atoms with E-state index in [0.717, 1.165) is 0 Å². The molecule has 30 atom stereocenters. The molecule has 22 aliphatic heterocycles. The zero-order chi connectivity index (χ0) is 52.3. The third-order valence-corrected chi connectivity index (χ3v) is 16.7. The van der Waals surface area contributed by atoms with Crippen LogP contribution in [0.2, 0.25) is 0 Å². The summed E-state index contributed by atoms with van der Waals surface area (Å²) in [5.74, 6) is 0. The summed E-state index contributed by atoms with van der Waals surface area (Å²) in [6, 6.07) is 0. The highest BCUT2D eigenvalue weighted by atomic mass is 127. The molecule has 0 aromatic carbocycles. The maximum atomic E-state index is 11.7. The number of halogens is 6. The maximum absolute atomic E-state index is 11.7. The summed E-state index contributed by atoms with van der Waals surface area (Å²) in [4.78, 5) is 0. The van der Waals surface area contributed by atoms with Crippen LogP contribution in [0.5, 0.6) is 0 Å². The van der Waals surface area contributed by atoms with Gasteiger partial charge in [0.1, 0.15) is 285 Å². The van der Waals surface area contributed by atoms with Crippen LogP contribution in [0.3, 0.4) is 0 Å². The van der Waals surface area contributed by atoms with Gasteiger partial charge in [0.15, 0.2) is 37.7 Å². The van der Waals surface area contributed by atoms with Crippen molar-refractivity contribution in [2.75, 3.05) is 39.6 Å². The highest BCUT2D eigenvalue weighted by Crippen LogP contribution is 2.41. The van der Waals surface area contributed by atoms with Gasteiger partial charge >= 0.3 is 0 Å². The Morgan fingerprint density at radius 3 is 0.458 bits per heavy atom. The summed E-state index contributed by atoms with van der Waals surface area (Å²) in [6.45, 7) is -4.94. The molecule has 0 aliphatic carbocycles. The van der Waals surface area contributed by atoms with Gasteiger partial charge in [-0.3, -0.25) is 0 Å². The number of ether oxygens (including phenoxy) is 12. The first-order valence-electron chi connectivity index (χ1n) is 21.9. The fraction of sp³-hybridized carbons (Fsp3) is 1.00. The van der Waals surface area contributed by atoms with E-state index in [1.165, 1.54) is 138 Å². The van der Waals surface area contributed by atoms with Gasteiger partial charge in [-0.15, -0.1) is 0 Å². The largest absolute Gasteiger partial charge is 0.394 e. The summed E-state index contributed by atoms with van der Waals surface area (Å²) in [5, 5.41) is 134. The lowest BCUT2D eigenvalue weighted by Gasteiger charge is -2.51. The van der Waals surface area contributed by atoms with Gasteiger partial charge in [0, 0.05) is 0 Å². The zero-order valence-electron chi connectivity index (χ0n) is 36.5. The molecule has 0 spiro atoms. The van der Waals surface area contributed by atoms with Crippen LogP contribution < -0.4 is 0 Å². The Morgan fingerprint density at radius 1 is 0.236 bits per heavy atom. The van der Waals surface area contributed by atoms with Crippen LogP contribution in [-0.2, 0) is 75.2 Å². The van der Waals surface area contributed by atoms with Crippen LogP contribution in [0, 0.1) is 0 Å². The molecule has 22 fully saturated rings. The van der Waals surface area contributed by atoms with Crippen molar-refractivity contribution in [3.63, 3.8) is 0 Å². The molecule has 72 heavy (non-hydrogen) atoms. The lowest BCUT2D eigenvalue weighted by molar-refractivity contribution is -0.397. The van der Waals surface area contributed by atoms with Gasteiger partial charge in [0.2, 0.25) is 0 Å². The number of rotatable bonds is 12. The van der Waals surface area contributed by atoms with Crippen LogP contribution >= 0.6 is 138 Å². The third kappa shape index (κ3) is 13.0. The minimum Gasteiger partial charge on any atom is -0.394 e. The second-order valence-corrected chi connectivity index (χ2v) is 20.3. The van der Waals surface area contributed by atoms with E-state index in [1.54, 1.807) is 0 Å². The predicted octanol–water partition coefficient (Wildman–Crippen LogP) is -4.81. The topological polar surface area (TPSA) is 409 Å². The van der Waals surface area contributed by atoms with E-state index in [1.807, 2.05) is 0 Å². The lowest BCUT2D eigenvalue weighted by atomic mass is 9.94. The Hall–Kier alpha value is 3.18. The zero-order valence-corrected chi connectivity index (χ0v) is 49.5. The molecule has 30 nitrogen and oxygen atoms in total. The van der Waals surface area contributed by atoms with Gasteiger partial charge in [0.25, 0.3) is 0 Å². The molecule has 12 bridgehead atoms. The maximum Gasteiger partial charge on any atom is 0.187 e. The van der Waals surface area contributed by atoms with E-state index in [0.29, 0.717) is 0 Å². The van der Waals surface area contributed by atoms with Crippen LogP contribution in [0.15, 0.2) is 0 Å². The Kier molecular flexibility index (Phi) is 25.2. The van der Waals surface area contributed by atoms with Gasteiger partial charge in [0.05, 0.1) is 39.6 Å². The van der Waals surface area contributed by atoms with Crippen molar-refractivity contribution in [3.05, 3.63) is 0 Å². The second kappa shape index (κ2) is 28.9. The van der Waals surface area contributed by atoms with Crippen molar-refractivity contribution in [3.8, 4) is 0 Å². The Morgan fingerprint density at radius 2 is 0.361 bits per heavy atom. The third-order valence-electron chi connectivity index (χ3n) is 13.1. The monoisotopic (exact) mass is 1730 g/mol. The summed E-state index contributed by atoms with van der Waals surface area (Å²) in [6.07, 6.45) is -47.5. The SMILES string of the molecule is OC[C@H]1O[C@@H]2O[C@@H]3[C@H](OI)[C@@H](O)[C@@H](O[C@@H]4[C@H](OI)[C@@H](O)[C@@H](O[C@@H]5[C@H](OI)[C@@H](O)[C@@H](O[C@@H]6[C@H](OI)[C@@H](O)[C@@H](O[C@@H]7[C@H](OI)[C@@H](O)[C@@H](O[C@@H]1[C@H](OI)[C@H]2O)O[C@@H]7CO)O[C@@H]6CO)O[C@@H]5CO)O[C@@H]4CO)O[C@@H]3CO. The highest BCUT2D eigenvalue weighted by Gasteiger charge is 2.60. The van der Waals surface area contributed by atoms with E-state index in [4.69, 9.17) is 75.2 Å². The van der Waals surface area contributed by atoms with Crippen LogP contribution in [0.4, 0.5) is 0 Å². The van der Waals surface area contributed by atoms with Crippen LogP contribution in [0.1, 0.15) is 0 Å². The van der Waals surface area contributed by atoms with Crippen molar-refractivity contribution in [1.29, 1.82) is 0 Å². The second-order valence-electron chi connectivity index (χ2n) is 17.2. The minimum atomic E-state index is -1.80. The Balaban J connectivity index is 1.25. The van der Waals surface area contributed by atoms with E-state index in [-0.39, 0.29) is 0 Å². The first-order valence-corrected chi connectivity index (χ1v) is 27.2. The lowest BCUT2D eigenvalue weighted by Crippen LogP contribution is -2.69. The molecule has 0 aromatic rings. The number of hydrogen-bond donors (Lipinski definition) is 12. The molecule has 12 N–H and O–H groups in total. The van der Waals surface area contributed by atoms with Crippen LogP contribution in [-0.4, -0.2) is 285 Å². The summed E-state index contributed by atoms with van der Waals surface area (Å²) < 4.78 is 106. The van der Waals surface area contributed by atoms with Gasteiger partial charge in [-0.2, -0.15) is 0 Å². The molecule has 22 rings (SSSR count). The average molecular weight is 1730 g/mol. The quantitative estimate of drug-likeness (QED) is 0.0816. The van der Waals surface area contributed by atoms with Gasteiger partial charge in [-0.05, 0) is 0 Å². The van der Waals surface area contributed by atoms with Crippen molar-refractivity contribution in [2.24, 2.45) is 0 Å². The average Bonchev–Trinajstić information content (AvgIpc) is 3.38. The molecule has 22 aliphatic rings. The first-order chi connectivity index (χ1) is 34.6. The highest BCUT2D eigenvalue weighted by molar-refractivity contribution is 14.1. The number of hydrogen-bond acceptors (Lipinski definition) is 30. The predicted molar refractivity (Wildman–Crippen MR) is 273 cm³/mol. The van der Waals surface area contributed by atoms with E-state index in [2.05, 4.69) is 0 Å². The molecule has 0 unspecified atom stereocenters. The molecule has 0 aromatic heterocycles. The molecule has 0 amide bonds. The summed E-state index contributed by atoms with van der Waals surface area (Å²) in [7, 11) is 0. The Labute approximate surface area is 493 Å². The number of aliphatic hydroxyl groups is 12. The molecule has 0 radical (unpaired) electrons. The van der Waals surface area contributed by atoms with Gasteiger partial charge < -0.3 is 137 Å². The van der Waals surface area contributed by atoms with E-state index in [9.17, 15) is 61.3 Å². The normalized spacial score (nSPS) is 51.8. The summed E-state index contributed by atoms with van der Waals surface area (Å²) in [5.41, 5.74) is 0. The molecule has 0 saturated carbocycles. The van der Waals surface area contributed by atoms with Crippen molar-refractivity contribution in [2.45, 2.75) is 184 Å². The fourth-order valence-corrected chi connectivity index (χ4v) is 13.0. The van der Waals surface area contributed by atoms with E-state index < -0.39 is 224 Å². The minimum absolute atomic E-state index is 0.824. The first kappa shape index (κ1) is 62.8. The van der Waals surface area contributed by atoms with Crippen LogP contribution in [0.25, 0.3) is 0 Å². The molecular formula is C36H54I6O30. The molecule has 22 saturated heterocycles. The van der Waals surface area contributed by atoms with Crippen molar-refractivity contribution < 1.29 is 137 Å². The molecule has 22 heterocycles. The standard InChI is InChI=1S/C36H54I6O30/c37-67-25-13(49)31-55-7(1-43)19(25)61-32-14(50)26(68-38)21(9(3-45)56-32)63-34-16(52)28(70-40)23(11(5-47)58-34)65-36-18(54)30(72-42)24(12(6-48)60-36)66-35-17(53)29(71-41)22(10(4-46)59-35)64-33-15(51)27(69-39)20(62-31)8(2-44)57-33/h7-36,43-54H,1-6H2/t7-,8-,9-,10-,11-,12-,13-,14-,15-,16-,17-,18-,19+,20+,21+,22+,23+,24+,25-,26-,27-,28-,29-,30-,31-,32-,33-,34-,35-,36-/m1/s1. The van der Waals surface area contributed by atoms with Crippen molar-refractivity contribution >= 4 is 138 Å². The van der Waals surface area contributed by atoms with E-state index >= 15 is 0 Å². The van der Waals surface area contributed by atoms with Gasteiger partial charge in [-0.1, -0.05) is 0 Å². The molecular weight excluding hydrogens is 1670 g/mol. The molecule has 420 valence electrons. The summed E-state index contributed by atoms with van der Waals surface area (Å²) >= 11 is 8.76.